The average molecular weight is 493 g/mol. The quantitative estimate of drug-likeness (QED) is 0.399. The molecule has 2 N–H and O–H groups in total. The lowest BCUT2D eigenvalue weighted by atomic mass is 9.48. The third-order valence-corrected chi connectivity index (χ3v) is 8.43. The molecule has 4 aliphatic rings. The van der Waals surface area contributed by atoms with Gasteiger partial charge in [0.05, 0.1) is 11.7 Å². The van der Waals surface area contributed by atoms with Gasteiger partial charge in [0.15, 0.2) is 13.1 Å². The third-order valence-electron chi connectivity index (χ3n) is 8.43. The van der Waals surface area contributed by atoms with Crippen molar-refractivity contribution in [3.8, 4) is 5.75 Å². The van der Waals surface area contributed by atoms with Gasteiger partial charge in [-0.05, 0) is 97.9 Å². The lowest BCUT2D eigenvalue weighted by molar-refractivity contribution is -0.150. The van der Waals surface area contributed by atoms with Crippen molar-refractivity contribution in [2.75, 3.05) is 13.9 Å². The zero-order chi connectivity index (χ0) is 25.3. The number of carbonyl (C=O) groups is 1. The minimum absolute atomic E-state index is 0.0830. The van der Waals surface area contributed by atoms with E-state index in [4.69, 9.17) is 19.3 Å². The molecule has 0 aromatic heterocycles. The summed E-state index contributed by atoms with van der Waals surface area (Å²) in [6.45, 7) is 1.91. The van der Waals surface area contributed by atoms with Crippen molar-refractivity contribution in [1.82, 2.24) is 0 Å². The summed E-state index contributed by atoms with van der Waals surface area (Å²) in [7, 11) is 1.60. The van der Waals surface area contributed by atoms with Crippen LogP contribution >= 0.6 is 0 Å². The van der Waals surface area contributed by atoms with Gasteiger partial charge in [-0.25, -0.2) is 4.79 Å². The fraction of sp³-hybridized carbons (Fsp3) is 0.500. The van der Waals surface area contributed by atoms with Crippen LogP contribution in [-0.4, -0.2) is 36.4 Å². The van der Waals surface area contributed by atoms with E-state index in [1.807, 2.05) is 19.1 Å². The number of carboxylic acids is 1. The Bertz CT molecular complexity index is 1070. The molecule has 4 fully saturated rings. The number of benzene rings is 2. The van der Waals surface area contributed by atoms with Gasteiger partial charge in [0.25, 0.3) is 0 Å². The molecule has 4 saturated carbocycles. The summed E-state index contributed by atoms with van der Waals surface area (Å²) in [5, 5.41) is 20.0. The van der Waals surface area contributed by atoms with Gasteiger partial charge in [0.1, 0.15) is 5.75 Å². The number of rotatable bonds is 10. The van der Waals surface area contributed by atoms with E-state index in [0.717, 1.165) is 34.6 Å². The third kappa shape index (κ3) is 5.22. The molecule has 0 amide bonds. The monoisotopic (exact) mass is 492 g/mol. The molecule has 6 rings (SSSR count). The summed E-state index contributed by atoms with van der Waals surface area (Å²) >= 11 is 0. The molecule has 0 heterocycles. The Morgan fingerprint density at radius 2 is 1.69 bits per heavy atom. The Labute approximate surface area is 212 Å². The largest absolute Gasteiger partial charge is 0.478 e. The predicted molar refractivity (Wildman–Crippen MR) is 137 cm³/mol. The highest BCUT2D eigenvalue weighted by molar-refractivity contribution is 5.87. The molecule has 0 radical (unpaired) electrons. The Morgan fingerprint density at radius 1 is 1.06 bits per heavy atom. The van der Waals surface area contributed by atoms with Gasteiger partial charge in [0, 0.05) is 12.7 Å². The maximum Gasteiger partial charge on any atom is 0.335 e. The highest BCUT2D eigenvalue weighted by atomic mass is 16.7. The molecule has 6 heteroatoms. The Hall–Kier alpha value is -2.67. The molecule has 6 nitrogen and oxygen atoms in total. The zero-order valence-electron chi connectivity index (χ0n) is 21.1. The van der Waals surface area contributed by atoms with Crippen LogP contribution in [0.3, 0.4) is 0 Å². The first-order valence-electron chi connectivity index (χ1n) is 13.0. The van der Waals surface area contributed by atoms with Crippen LogP contribution in [0, 0.1) is 17.8 Å². The van der Waals surface area contributed by atoms with Crippen molar-refractivity contribution in [2.45, 2.75) is 63.3 Å². The van der Waals surface area contributed by atoms with Crippen LogP contribution in [0.4, 0.5) is 0 Å². The highest BCUT2D eigenvalue weighted by Crippen LogP contribution is 2.62. The second-order valence-electron chi connectivity index (χ2n) is 10.9. The minimum atomic E-state index is -0.957. The van der Waals surface area contributed by atoms with E-state index in [2.05, 4.69) is 6.07 Å². The molecule has 2 atom stereocenters. The van der Waals surface area contributed by atoms with Gasteiger partial charge in [0.2, 0.25) is 0 Å². The van der Waals surface area contributed by atoms with E-state index >= 15 is 0 Å². The highest BCUT2D eigenvalue weighted by Gasteiger charge is 2.52. The molecule has 0 aliphatic heterocycles. The van der Waals surface area contributed by atoms with Crippen molar-refractivity contribution >= 4 is 12.0 Å². The van der Waals surface area contributed by atoms with Crippen LogP contribution in [0.15, 0.2) is 48.5 Å². The molecular weight excluding hydrogens is 456 g/mol. The molecule has 36 heavy (non-hydrogen) atoms. The SMILES string of the molecule is COC(C)OCOc1cc(C(O)C=Cc2ccc(C(=O)O)cc2)ccc1C12CC3CC(CC(C3)C1)C2. The number of hydrogen-bond donors (Lipinski definition) is 2. The second kappa shape index (κ2) is 10.4. The summed E-state index contributed by atoms with van der Waals surface area (Å²) in [6, 6.07) is 12.7. The number of aliphatic hydroxyl groups excluding tert-OH is 1. The first kappa shape index (κ1) is 25.0. The van der Waals surface area contributed by atoms with Crippen molar-refractivity contribution < 1.29 is 29.2 Å². The smallest absolute Gasteiger partial charge is 0.335 e. The summed E-state index contributed by atoms with van der Waals surface area (Å²) in [5.41, 5.74) is 3.21. The van der Waals surface area contributed by atoms with Crippen molar-refractivity contribution in [1.29, 1.82) is 0 Å². The van der Waals surface area contributed by atoms with Crippen LogP contribution in [0.1, 0.15) is 78.6 Å². The van der Waals surface area contributed by atoms with E-state index in [-0.39, 0.29) is 24.1 Å². The van der Waals surface area contributed by atoms with Crippen molar-refractivity contribution in [3.63, 3.8) is 0 Å². The summed E-state index contributed by atoms with van der Waals surface area (Å²) in [4.78, 5) is 11.1. The summed E-state index contributed by atoms with van der Waals surface area (Å²) < 4.78 is 17.0. The normalized spacial score (nSPS) is 28.4. The molecular formula is C30H36O6. The van der Waals surface area contributed by atoms with E-state index in [1.165, 1.54) is 44.1 Å². The standard InChI is InChI=1S/C30H36O6/c1-19(34-2)35-18-36-28-14-25(27(31)10-5-20-3-6-24(7-4-20)29(32)33)8-9-26(28)30-15-21-11-22(16-30)13-23(12-21)17-30/h3-10,14,19,21-23,27,31H,11-13,15-18H2,1-2H3,(H,32,33). The Kier molecular flexibility index (Phi) is 7.20. The zero-order valence-corrected chi connectivity index (χ0v) is 21.1. The first-order chi connectivity index (χ1) is 17.3. The molecule has 0 saturated heterocycles. The van der Waals surface area contributed by atoms with E-state index in [1.54, 1.807) is 43.5 Å². The first-order valence-corrected chi connectivity index (χ1v) is 13.0. The van der Waals surface area contributed by atoms with E-state index in [0.29, 0.717) is 0 Å². The average Bonchev–Trinajstić information content (AvgIpc) is 2.86. The molecule has 4 bridgehead atoms. The maximum absolute atomic E-state index is 11.1. The number of aliphatic hydroxyl groups is 1. The minimum Gasteiger partial charge on any atom is -0.478 e. The van der Waals surface area contributed by atoms with E-state index in [9.17, 15) is 9.90 Å². The Balaban J connectivity index is 1.38. The van der Waals surface area contributed by atoms with Gasteiger partial charge in [-0.3, -0.25) is 0 Å². The van der Waals surface area contributed by atoms with Gasteiger partial charge >= 0.3 is 5.97 Å². The van der Waals surface area contributed by atoms with Crippen LogP contribution in [0.2, 0.25) is 0 Å². The number of ether oxygens (including phenoxy) is 3. The van der Waals surface area contributed by atoms with Gasteiger partial charge in [-0.1, -0.05) is 36.4 Å². The fourth-order valence-electron chi connectivity index (χ4n) is 7.03. The number of hydrogen-bond acceptors (Lipinski definition) is 5. The van der Waals surface area contributed by atoms with Crippen LogP contribution in [-0.2, 0) is 14.9 Å². The molecule has 2 aromatic carbocycles. The lowest BCUT2D eigenvalue weighted by Crippen LogP contribution is -2.48. The molecule has 2 unspecified atom stereocenters. The number of methoxy groups -OCH3 is 1. The predicted octanol–water partition coefficient (Wildman–Crippen LogP) is 5.94. The number of aromatic carboxylic acids is 1. The molecule has 192 valence electrons. The van der Waals surface area contributed by atoms with Gasteiger partial charge < -0.3 is 24.4 Å². The summed E-state index contributed by atoms with van der Waals surface area (Å²) in [5.74, 6) is 2.27. The summed E-state index contributed by atoms with van der Waals surface area (Å²) in [6.07, 6.45) is 10.1. The Morgan fingerprint density at radius 3 is 2.28 bits per heavy atom. The van der Waals surface area contributed by atoms with Crippen molar-refractivity contribution in [3.05, 3.63) is 70.8 Å². The second-order valence-corrected chi connectivity index (χ2v) is 10.9. The van der Waals surface area contributed by atoms with E-state index < -0.39 is 12.1 Å². The molecule has 4 aliphatic carbocycles. The van der Waals surface area contributed by atoms with Crippen LogP contribution in [0.5, 0.6) is 5.75 Å². The fourth-order valence-corrected chi connectivity index (χ4v) is 7.03. The lowest BCUT2D eigenvalue weighted by Gasteiger charge is -2.57. The van der Waals surface area contributed by atoms with Gasteiger partial charge in [-0.15, -0.1) is 0 Å². The molecule has 0 spiro atoms. The van der Waals surface area contributed by atoms with Crippen molar-refractivity contribution in [2.24, 2.45) is 17.8 Å². The van der Waals surface area contributed by atoms with Gasteiger partial charge in [-0.2, -0.15) is 0 Å². The van der Waals surface area contributed by atoms with Crippen LogP contribution in [0.25, 0.3) is 6.08 Å². The number of carboxylic acid groups (broad SMARTS) is 1. The molecule has 2 aromatic rings. The topological polar surface area (TPSA) is 85.2 Å². The van der Waals surface area contributed by atoms with Crippen LogP contribution < -0.4 is 4.74 Å². The maximum atomic E-state index is 11.1.